The SMILES string of the molecule is O=C(Nc1ccc(C(=O)N2CCN(Cc3csc(-c4ccccc4)n3)CC2)cc1)c1cccs1. The summed E-state index contributed by atoms with van der Waals surface area (Å²) in [4.78, 5) is 34.8. The first-order valence-corrected chi connectivity index (χ1v) is 12.9. The van der Waals surface area contributed by atoms with Gasteiger partial charge in [0.25, 0.3) is 11.8 Å². The lowest BCUT2D eigenvalue weighted by molar-refractivity contribution is 0.0627. The second kappa shape index (κ2) is 10.3. The number of thiazole rings is 1. The smallest absolute Gasteiger partial charge is 0.265 e. The van der Waals surface area contributed by atoms with Gasteiger partial charge in [0.2, 0.25) is 0 Å². The van der Waals surface area contributed by atoms with Crippen LogP contribution in [0, 0.1) is 0 Å². The summed E-state index contributed by atoms with van der Waals surface area (Å²) in [5, 5.41) is 7.90. The number of nitrogens with zero attached hydrogens (tertiary/aromatic N) is 3. The normalized spacial score (nSPS) is 14.2. The minimum absolute atomic E-state index is 0.0239. The molecule has 0 atom stereocenters. The summed E-state index contributed by atoms with van der Waals surface area (Å²) in [6.45, 7) is 3.80. The molecule has 2 amide bonds. The maximum absolute atomic E-state index is 13.0. The van der Waals surface area contributed by atoms with Crippen molar-refractivity contribution in [2.45, 2.75) is 6.54 Å². The third-order valence-corrected chi connectivity index (χ3v) is 7.56. The molecule has 0 aliphatic carbocycles. The lowest BCUT2D eigenvalue weighted by atomic mass is 10.1. The molecule has 1 N–H and O–H groups in total. The summed E-state index contributed by atoms with van der Waals surface area (Å²) >= 11 is 3.07. The van der Waals surface area contributed by atoms with Gasteiger partial charge < -0.3 is 10.2 Å². The number of hydrogen-bond donors (Lipinski definition) is 1. The average molecular weight is 489 g/mol. The van der Waals surface area contributed by atoms with Gasteiger partial charge in [-0.05, 0) is 35.7 Å². The van der Waals surface area contributed by atoms with Crippen LogP contribution in [0.25, 0.3) is 10.6 Å². The topological polar surface area (TPSA) is 65.5 Å². The molecule has 1 fully saturated rings. The van der Waals surface area contributed by atoms with Gasteiger partial charge in [0.05, 0.1) is 10.6 Å². The molecule has 0 saturated carbocycles. The van der Waals surface area contributed by atoms with E-state index >= 15 is 0 Å². The molecule has 6 nitrogen and oxygen atoms in total. The van der Waals surface area contributed by atoms with E-state index < -0.39 is 0 Å². The number of piperazine rings is 1. The third kappa shape index (κ3) is 5.25. The van der Waals surface area contributed by atoms with Crippen LogP contribution in [0.3, 0.4) is 0 Å². The number of aromatic nitrogens is 1. The number of rotatable bonds is 6. The van der Waals surface area contributed by atoms with Crippen molar-refractivity contribution < 1.29 is 9.59 Å². The van der Waals surface area contributed by atoms with Gasteiger partial charge in [0, 0.05) is 54.9 Å². The molecule has 2 aromatic carbocycles. The molecule has 0 bridgehead atoms. The Kier molecular flexibility index (Phi) is 6.80. The van der Waals surface area contributed by atoms with Gasteiger partial charge in [0.1, 0.15) is 5.01 Å². The number of benzene rings is 2. The fourth-order valence-corrected chi connectivity index (χ4v) is 5.35. The van der Waals surface area contributed by atoms with Crippen molar-refractivity contribution >= 4 is 40.2 Å². The minimum Gasteiger partial charge on any atom is -0.336 e. The summed E-state index contributed by atoms with van der Waals surface area (Å²) in [6.07, 6.45) is 0. The molecule has 1 aliphatic heterocycles. The lowest BCUT2D eigenvalue weighted by Gasteiger charge is -2.34. The first-order chi connectivity index (χ1) is 16.7. The van der Waals surface area contributed by atoms with Crippen molar-refractivity contribution in [2.24, 2.45) is 0 Å². The van der Waals surface area contributed by atoms with Crippen molar-refractivity contribution in [1.29, 1.82) is 0 Å². The molecule has 5 rings (SSSR count). The number of anilines is 1. The van der Waals surface area contributed by atoms with Gasteiger partial charge in [-0.1, -0.05) is 36.4 Å². The van der Waals surface area contributed by atoms with Crippen LogP contribution in [0.15, 0.2) is 77.5 Å². The van der Waals surface area contributed by atoms with Crippen LogP contribution >= 0.6 is 22.7 Å². The Morgan fingerprint density at radius 3 is 2.35 bits per heavy atom. The molecule has 34 heavy (non-hydrogen) atoms. The highest BCUT2D eigenvalue weighted by atomic mass is 32.1. The Morgan fingerprint density at radius 2 is 1.65 bits per heavy atom. The number of carbonyl (C=O) groups excluding carboxylic acids is 2. The number of nitrogens with one attached hydrogen (secondary N) is 1. The molecular weight excluding hydrogens is 464 g/mol. The highest BCUT2D eigenvalue weighted by Gasteiger charge is 2.23. The Balaban J connectivity index is 1.12. The van der Waals surface area contributed by atoms with Crippen molar-refractivity contribution in [2.75, 3.05) is 31.5 Å². The Morgan fingerprint density at radius 1 is 0.882 bits per heavy atom. The molecule has 1 saturated heterocycles. The van der Waals surface area contributed by atoms with Gasteiger partial charge in [-0.25, -0.2) is 4.98 Å². The fourth-order valence-electron chi connectivity index (χ4n) is 3.91. The summed E-state index contributed by atoms with van der Waals surface area (Å²) < 4.78 is 0. The molecule has 0 spiro atoms. The molecule has 8 heteroatoms. The zero-order valence-electron chi connectivity index (χ0n) is 18.5. The number of amides is 2. The Labute approximate surface area is 206 Å². The van der Waals surface area contributed by atoms with E-state index in [1.165, 1.54) is 11.3 Å². The summed E-state index contributed by atoms with van der Waals surface area (Å²) in [7, 11) is 0. The van der Waals surface area contributed by atoms with Crippen LogP contribution < -0.4 is 5.32 Å². The van der Waals surface area contributed by atoms with Gasteiger partial charge in [-0.15, -0.1) is 22.7 Å². The second-order valence-corrected chi connectivity index (χ2v) is 9.89. The maximum atomic E-state index is 13.0. The van der Waals surface area contributed by atoms with Crippen LogP contribution in [0.5, 0.6) is 0 Å². The number of carbonyl (C=O) groups is 2. The van der Waals surface area contributed by atoms with E-state index in [0.29, 0.717) is 29.2 Å². The van der Waals surface area contributed by atoms with Crippen LogP contribution in [-0.2, 0) is 6.54 Å². The van der Waals surface area contributed by atoms with E-state index in [9.17, 15) is 9.59 Å². The van der Waals surface area contributed by atoms with Crippen LogP contribution in [-0.4, -0.2) is 52.8 Å². The van der Waals surface area contributed by atoms with Gasteiger partial charge in [0.15, 0.2) is 0 Å². The van der Waals surface area contributed by atoms with Crippen molar-refractivity contribution in [3.8, 4) is 10.6 Å². The summed E-state index contributed by atoms with van der Waals surface area (Å²) in [5.41, 5.74) is 3.53. The standard InChI is InChI=1S/C26H24N4O2S2/c31-24(23-7-4-16-33-23)27-21-10-8-20(9-11-21)26(32)30-14-12-29(13-15-30)17-22-18-34-25(28-22)19-5-2-1-3-6-19/h1-11,16,18H,12-15,17H2,(H,27,31). The Hall–Kier alpha value is -3.33. The quantitative estimate of drug-likeness (QED) is 0.411. The van der Waals surface area contributed by atoms with Crippen molar-refractivity contribution in [1.82, 2.24) is 14.8 Å². The van der Waals surface area contributed by atoms with Gasteiger partial charge >= 0.3 is 0 Å². The molecule has 0 radical (unpaired) electrons. The molecule has 4 aromatic rings. The average Bonchev–Trinajstić information content (AvgIpc) is 3.58. The van der Waals surface area contributed by atoms with E-state index in [1.807, 2.05) is 34.5 Å². The maximum Gasteiger partial charge on any atom is 0.265 e. The lowest BCUT2D eigenvalue weighted by Crippen LogP contribution is -2.48. The van der Waals surface area contributed by atoms with E-state index in [2.05, 4.69) is 27.7 Å². The molecule has 2 aromatic heterocycles. The van der Waals surface area contributed by atoms with Crippen LogP contribution in [0.2, 0.25) is 0 Å². The van der Waals surface area contributed by atoms with Gasteiger partial charge in [-0.3, -0.25) is 14.5 Å². The van der Waals surface area contributed by atoms with Crippen LogP contribution in [0.4, 0.5) is 5.69 Å². The van der Waals surface area contributed by atoms with E-state index in [-0.39, 0.29) is 11.8 Å². The van der Waals surface area contributed by atoms with Crippen molar-refractivity contribution in [3.05, 3.63) is 93.6 Å². The zero-order chi connectivity index (χ0) is 23.3. The zero-order valence-corrected chi connectivity index (χ0v) is 20.1. The largest absolute Gasteiger partial charge is 0.336 e. The van der Waals surface area contributed by atoms with Crippen LogP contribution in [0.1, 0.15) is 25.7 Å². The van der Waals surface area contributed by atoms with E-state index in [4.69, 9.17) is 4.98 Å². The highest BCUT2D eigenvalue weighted by Crippen LogP contribution is 2.24. The number of thiophene rings is 1. The predicted molar refractivity (Wildman–Crippen MR) is 137 cm³/mol. The highest BCUT2D eigenvalue weighted by molar-refractivity contribution is 7.13. The molecule has 1 aliphatic rings. The monoisotopic (exact) mass is 488 g/mol. The Bertz CT molecular complexity index is 1250. The summed E-state index contributed by atoms with van der Waals surface area (Å²) in [5.74, 6) is -0.114. The molecule has 3 heterocycles. The minimum atomic E-state index is -0.138. The second-order valence-electron chi connectivity index (χ2n) is 8.09. The van der Waals surface area contributed by atoms with Gasteiger partial charge in [-0.2, -0.15) is 0 Å². The molecule has 0 unspecified atom stereocenters. The first-order valence-electron chi connectivity index (χ1n) is 11.1. The first kappa shape index (κ1) is 22.5. The number of hydrogen-bond acceptors (Lipinski definition) is 6. The third-order valence-electron chi connectivity index (χ3n) is 5.75. The van der Waals surface area contributed by atoms with Crippen molar-refractivity contribution in [3.63, 3.8) is 0 Å². The van der Waals surface area contributed by atoms with E-state index in [0.717, 1.165) is 35.9 Å². The fraction of sp³-hybridized carbons (Fsp3) is 0.192. The summed E-state index contributed by atoms with van der Waals surface area (Å²) in [6, 6.07) is 21.0. The predicted octanol–water partition coefficient (Wildman–Crippen LogP) is 5.08. The molecule has 172 valence electrons. The molecular formula is C26H24N4O2S2. The van der Waals surface area contributed by atoms with E-state index in [1.54, 1.807) is 41.7 Å².